The predicted molar refractivity (Wildman–Crippen MR) is 80.4 cm³/mol. The molecule has 21 heavy (non-hydrogen) atoms. The summed E-state index contributed by atoms with van der Waals surface area (Å²) in [6, 6.07) is 9.65. The van der Waals surface area contributed by atoms with Crippen molar-refractivity contribution in [3.05, 3.63) is 54.1 Å². The van der Waals surface area contributed by atoms with Crippen LogP contribution < -0.4 is 0 Å². The lowest BCUT2D eigenvalue weighted by atomic mass is 10.0. The van der Waals surface area contributed by atoms with E-state index in [1.807, 2.05) is 36.4 Å². The van der Waals surface area contributed by atoms with Crippen molar-refractivity contribution in [1.29, 1.82) is 0 Å². The lowest BCUT2D eigenvalue weighted by Gasteiger charge is -2.22. The number of hydrogen-bond acceptors (Lipinski definition) is 4. The Hall–Kier alpha value is -1.91. The molecule has 0 amide bonds. The highest BCUT2D eigenvalue weighted by atomic mass is 16.5. The molecule has 0 aromatic heterocycles. The summed E-state index contributed by atoms with van der Waals surface area (Å²) in [7, 11) is 0. The Balaban J connectivity index is 1.77. The molecule has 0 unspecified atom stereocenters. The summed E-state index contributed by atoms with van der Waals surface area (Å²) >= 11 is 0. The number of hydrogen-bond donors (Lipinski definition) is 2. The summed E-state index contributed by atoms with van der Waals surface area (Å²) in [6.45, 7) is 0. The van der Waals surface area contributed by atoms with E-state index in [1.54, 1.807) is 12.2 Å². The number of ether oxygens (including phenoxy) is 1. The van der Waals surface area contributed by atoms with Crippen LogP contribution >= 0.6 is 0 Å². The van der Waals surface area contributed by atoms with Crippen LogP contribution in [0.5, 0.6) is 0 Å². The molecule has 1 aliphatic heterocycles. The summed E-state index contributed by atoms with van der Waals surface area (Å²) < 4.78 is 5.08. The van der Waals surface area contributed by atoms with Crippen molar-refractivity contribution in [1.82, 2.24) is 0 Å². The second kappa shape index (κ2) is 7.76. The van der Waals surface area contributed by atoms with Crippen LogP contribution in [-0.2, 0) is 9.53 Å². The number of carbonyl (C=O) groups excluding carboxylic acids is 1. The van der Waals surface area contributed by atoms with Gasteiger partial charge in [0.15, 0.2) is 0 Å². The van der Waals surface area contributed by atoms with Crippen molar-refractivity contribution in [3.63, 3.8) is 0 Å². The van der Waals surface area contributed by atoms with Crippen molar-refractivity contribution in [3.8, 4) is 0 Å². The van der Waals surface area contributed by atoms with E-state index in [0.717, 1.165) is 5.56 Å². The average Bonchev–Trinajstić information content (AvgIpc) is 2.46. The molecule has 0 saturated heterocycles. The average molecular weight is 288 g/mol. The minimum atomic E-state index is -0.727. The monoisotopic (exact) mass is 288 g/mol. The first kappa shape index (κ1) is 15.5. The van der Waals surface area contributed by atoms with Crippen LogP contribution in [-0.4, -0.2) is 34.5 Å². The molecule has 2 rings (SSSR count). The fourth-order valence-corrected chi connectivity index (χ4v) is 2.26. The molecule has 0 spiro atoms. The van der Waals surface area contributed by atoms with Gasteiger partial charge in [0.2, 0.25) is 0 Å². The van der Waals surface area contributed by atoms with Crippen LogP contribution in [0.3, 0.4) is 0 Å². The maximum absolute atomic E-state index is 11.1. The molecule has 1 aliphatic rings. The molecule has 112 valence electrons. The highest BCUT2D eigenvalue weighted by molar-refractivity contribution is 5.82. The number of aliphatic hydroxyl groups excluding tert-OH is 2. The van der Waals surface area contributed by atoms with Crippen molar-refractivity contribution in [2.45, 2.75) is 37.6 Å². The van der Waals surface area contributed by atoms with Crippen LogP contribution in [0.2, 0.25) is 0 Å². The van der Waals surface area contributed by atoms with E-state index < -0.39 is 12.2 Å². The largest absolute Gasteiger partial charge is 0.459 e. The Morgan fingerprint density at radius 3 is 2.76 bits per heavy atom. The molecule has 4 heteroatoms. The molecule has 0 bridgehead atoms. The lowest BCUT2D eigenvalue weighted by molar-refractivity contribution is -0.145. The van der Waals surface area contributed by atoms with Gasteiger partial charge in [-0.15, -0.1) is 0 Å². The fourth-order valence-electron chi connectivity index (χ4n) is 2.26. The van der Waals surface area contributed by atoms with Gasteiger partial charge in [-0.25, -0.2) is 4.79 Å². The van der Waals surface area contributed by atoms with Gasteiger partial charge in [0.05, 0.1) is 12.2 Å². The molecule has 0 aliphatic carbocycles. The Morgan fingerprint density at radius 1 is 1.29 bits per heavy atom. The van der Waals surface area contributed by atoms with Gasteiger partial charge in [-0.2, -0.15) is 0 Å². The third-order valence-corrected chi connectivity index (χ3v) is 3.29. The first-order valence-electron chi connectivity index (χ1n) is 7.10. The first-order valence-corrected chi connectivity index (χ1v) is 7.10. The van der Waals surface area contributed by atoms with Gasteiger partial charge >= 0.3 is 5.97 Å². The molecular formula is C17H20O4. The van der Waals surface area contributed by atoms with Crippen molar-refractivity contribution in [2.75, 3.05) is 0 Å². The van der Waals surface area contributed by atoms with Gasteiger partial charge < -0.3 is 14.9 Å². The number of benzene rings is 1. The van der Waals surface area contributed by atoms with Crippen LogP contribution in [0.15, 0.2) is 48.6 Å². The van der Waals surface area contributed by atoms with Crippen molar-refractivity contribution < 1.29 is 19.7 Å². The van der Waals surface area contributed by atoms with Crippen LogP contribution in [0.25, 0.3) is 6.08 Å². The molecule has 2 N–H and O–H groups in total. The molecule has 3 atom stereocenters. The number of rotatable bonds is 6. The minimum Gasteiger partial charge on any atom is -0.459 e. The fraction of sp³-hybridized carbons (Fsp3) is 0.353. The van der Waals surface area contributed by atoms with E-state index in [1.165, 1.54) is 6.08 Å². The van der Waals surface area contributed by atoms with E-state index in [2.05, 4.69) is 0 Å². The number of aliphatic hydroxyl groups is 2. The molecular weight excluding hydrogens is 268 g/mol. The lowest BCUT2D eigenvalue weighted by Crippen LogP contribution is -2.27. The second-order valence-corrected chi connectivity index (χ2v) is 5.16. The summed E-state index contributed by atoms with van der Waals surface area (Å²) in [5.41, 5.74) is 0.998. The normalized spacial score (nSPS) is 21.2. The maximum Gasteiger partial charge on any atom is 0.330 e. The third kappa shape index (κ3) is 5.53. The van der Waals surface area contributed by atoms with Crippen molar-refractivity contribution in [2.24, 2.45) is 0 Å². The van der Waals surface area contributed by atoms with Gasteiger partial charge in [-0.3, -0.25) is 0 Å². The topological polar surface area (TPSA) is 66.8 Å². The number of cyclic esters (lactones) is 1. The van der Waals surface area contributed by atoms with E-state index in [0.29, 0.717) is 12.8 Å². The molecule has 1 heterocycles. The zero-order chi connectivity index (χ0) is 15.1. The molecule has 0 fully saturated rings. The zero-order valence-electron chi connectivity index (χ0n) is 11.8. The van der Waals surface area contributed by atoms with E-state index in [-0.39, 0.29) is 18.5 Å². The number of carbonyl (C=O) groups is 1. The van der Waals surface area contributed by atoms with Crippen LogP contribution in [0, 0.1) is 0 Å². The highest BCUT2D eigenvalue weighted by Gasteiger charge is 2.20. The zero-order valence-corrected chi connectivity index (χ0v) is 11.8. The second-order valence-electron chi connectivity index (χ2n) is 5.16. The smallest absolute Gasteiger partial charge is 0.330 e. The van der Waals surface area contributed by atoms with E-state index >= 15 is 0 Å². The summed E-state index contributed by atoms with van der Waals surface area (Å²) in [5, 5.41) is 19.8. The van der Waals surface area contributed by atoms with Gasteiger partial charge in [0.25, 0.3) is 0 Å². The summed E-state index contributed by atoms with van der Waals surface area (Å²) in [5.74, 6) is -0.372. The Morgan fingerprint density at radius 2 is 2.05 bits per heavy atom. The van der Waals surface area contributed by atoms with Gasteiger partial charge in [0, 0.05) is 25.3 Å². The quantitative estimate of drug-likeness (QED) is 0.786. The SMILES string of the molecule is O=C1C=CC[C@H](C[C@H](O)C[C@@H](O)/C=C/c2ccccc2)O1. The standard InChI is InChI=1S/C17H20O4/c18-14(10-9-13-5-2-1-3-6-13)11-15(19)12-16-7-4-8-17(20)21-16/h1-6,8-10,14-16,18-19H,7,11-12H2/b10-9+/t14-,15+,16+/m0/s1. The Kier molecular flexibility index (Phi) is 5.72. The summed E-state index contributed by atoms with van der Waals surface area (Å²) in [4.78, 5) is 11.1. The predicted octanol–water partition coefficient (Wildman–Crippen LogP) is 2.07. The van der Waals surface area contributed by atoms with Crippen LogP contribution in [0.4, 0.5) is 0 Å². The number of esters is 1. The molecule has 0 radical (unpaired) electrons. The highest BCUT2D eigenvalue weighted by Crippen LogP contribution is 2.16. The maximum atomic E-state index is 11.1. The van der Waals surface area contributed by atoms with Gasteiger partial charge in [-0.05, 0) is 5.56 Å². The van der Waals surface area contributed by atoms with Gasteiger partial charge in [-0.1, -0.05) is 48.6 Å². The van der Waals surface area contributed by atoms with Crippen LogP contribution in [0.1, 0.15) is 24.8 Å². The first-order chi connectivity index (χ1) is 10.1. The van der Waals surface area contributed by atoms with Crippen molar-refractivity contribution >= 4 is 12.0 Å². The molecule has 0 saturated carbocycles. The molecule has 1 aromatic carbocycles. The van der Waals surface area contributed by atoms with E-state index in [9.17, 15) is 15.0 Å². The Labute approximate surface area is 124 Å². The molecule has 1 aromatic rings. The molecule has 4 nitrogen and oxygen atoms in total. The minimum absolute atomic E-state index is 0.223. The Bertz CT molecular complexity index is 507. The van der Waals surface area contributed by atoms with E-state index in [4.69, 9.17) is 4.74 Å². The van der Waals surface area contributed by atoms with Gasteiger partial charge in [0.1, 0.15) is 6.10 Å². The summed E-state index contributed by atoms with van der Waals surface area (Å²) in [6.07, 6.45) is 6.05. The third-order valence-electron chi connectivity index (χ3n) is 3.29.